The average Bonchev–Trinajstić information content (AvgIpc) is 2.48. The molecule has 3 N–H and O–H groups in total. The van der Waals surface area contributed by atoms with Gasteiger partial charge in [0.2, 0.25) is 5.91 Å². The third-order valence-corrected chi connectivity index (χ3v) is 4.37. The highest BCUT2D eigenvalue weighted by Crippen LogP contribution is 2.22. The zero-order chi connectivity index (χ0) is 14.4. The average molecular weight is 294 g/mol. The van der Waals surface area contributed by atoms with Crippen LogP contribution >= 0.6 is 11.8 Å². The number of benzene rings is 1. The van der Waals surface area contributed by atoms with Crippen LogP contribution in [0.3, 0.4) is 0 Å². The summed E-state index contributed by atoms with van der Waals surface area (Å²) < 4.78 is 5.30. The fourth-order valence-electron chi connectivity index (χ4n) is 2.34. The van der Waals surface area contributed by atoms with Gasteiger partial charge in [0.25, 0.3) is 0 Å². The van der Waals surface area contributed by atoms with E-state index in [1.807, 2.05) is 24.3 Å². The molecular weight excluding hydrogens is 272 g/mol. The molecule has 5 heteroatoms. The van der Waals surface area contributed by atoms with Gasteiger partial charge in [-0.3, -0.25) is 4.79 Å². The Labute approximate surface area is 124 Å². The molecule has 110 valence electrons. The Kier molecular flexibility index (Phi) is 5.88. The van der Waals surface area contributed by atoms with Gasteiger partial charge in [0.05, 0.1) is 6.04 Å². The minimum absolute atomic E-state index is 0.101. The van der Waals surface area contributed by atoms with Gasteiger partial charge in [0.15, 0.2) is 0 Å². The maximum atomic E-state index is 12.2. The Hall–Kier alpha value is -1.04. The fraction of sp³-hybridized carbons (Fsp3) is 0.533. The Morgan fingerprint density at radius 2 is 2.25 bits per heavy atom. The van der Waals surface area contributed by atoms with Gasteiger partial charge in [0, 0.05) is 23.8 Å². The lowest BCUT2D eigenvalue weighted by Crippen LogP contribution is -2.44. The van der Waals surface area contributed by atoms with E-state index in [2.05, 4.69) is 12.2 Å². The molecule has 1 saturated heterocycles. The summed E-state index contributed by atoms with van der Waals surface area (Å²) in [7, 11) is 0. The minimum atomic E-state index is -0.457. The van der Waals surface area contributed by atoms with E-state index in [4.69, 9.17) is 10.5 Å². The van der Waals surface area contributed by atoms with Crippen LogP contribution < -0.4 is 11.1 Å². The standard InChI is InChI=1S/C15H22N2O2S/c1-2-20-13-5-3-4-12(10-13)17-15(18)14(16)11-6-8-19-9-7-11/h3-5,10-11,14H,2,6-9,16H2,1H3,(H,17,18). The van der Waals surface area contributed by atoms with Crippen LogP contribution in [0.4, 0.5) is 5.69 Å². The van der Waals surface area contributed by atoms with Gasteiger partial charge in [-0.05, 0) is 42.7 Å². The molecule has 1 atom stereocenters. The topological polar surface area (TPSA) is 64.4 Å². The highest BCUT2D eigenvalue weighted by atomic mass is 32.2. The van der Waals surface area contributed by atoms with Crippen LogP contribution in [-0.2, 0) is 9.53 Å². The number of hydrogen-bond donors (Lipinski definition) is 2. The summed E-state index contributed by atoms with van der Waals surface area (Å²) in [5.41, 5.74) is 6.88. The monoisotopic (exact) mass is 294 g/mol. The van der Waals surface area contributed by atoms with E-state index in [0.717, 1.165) is 29.2 Å². The molecule has 1 aromatic rings. The van der Waals surface area contributed by atoms with Crippen LogP contribution in [0.25, 0.3) is 0 Å². The van der Waals surface area contributed by atoms with E-state index < -0.39 is 6.04 Å². The lowest BCUT2D eigenvalue weighted by molar-refractivity contribution is -0.119. The van der Waals surface area contributed by atoms with Gasteiger partial charge in [0.1, 0.15) is 0 Å². The summed E-state index contributed by atoms with van der Waals surface area (Å²) >= 11 is 1.75. The molecule has 0 aliphatic carbocycles. The predicted molar refractivity (Wildman–Crippen MR) is 83.0 cm³/mol. The van der Waals surface area contributed by atoms with Gasteiger partial charge in [-0.15, -0.1) is 11.8 Å². The lowest BCUT2D eigenvalue weighted by atomic mass is 9.92. The lowest BCUT2D eigenvalue weighted by Gasteiger charge is -2.26. The van der Waals surface area contributed by atoms with Crippen molar-refractivity contribution in [1.82, 2.24) is 0 Å². The molecule has 0 aromatic heterocycles. The molecule has 1 aliphatic rings. The molecule has 1 fully saturated rings. The van der Waals surface area contributed by atoms with Crippen LogP contribution in [0.1, 0.15) is 19.8 Å². The van der Waals surface area contributed by atoms with Gasteiger partial charge >= 0.3 is 0 Å². The number of amides is 1. The van der Waals surface area contributed by atoms with Crippen molar-refractivity contribution in [1.29, 1.82) is 0 Å². The third kappa shape index (κ3) is 4.23. The van der Waals surface area contributed by atoms with E-state index >= 15 is 0 Å². The Balaban J connectivity index is 1.94. The van der Waals surface area contributed by atoms with Crippen molar-refractivity contribution in [2.24, 2.45) is 11.7 Å². The first kappa shape index (κ1) is 15.4. The molecular formula is C15H22N2O2S. The summed E-state index contributed by atoms with van der Waals surface area (Å²) in [6.07, 6.45) is 1.72. The maximum absolute atomic E-state index is 12.2. The van der Waals surface area contributed by atoms with Crippen LogP contribution in [0.5, 0.6) is 0 Å². The van der Waals surface area contributed by atoms with E-state index in [1.54, 1.807) is 11.8 Å². The Bertz CT molecular complexity index is 447. The number of carbonyl (C=O) groups excluding carboxylic acids is 1. The molecule has 20 heavy (non-hydrogen) atoms. The summed E-state index contributed by atoms with van der Waals surface area (Å²) in [6, 6.07) is 7.42. The number of anilines is 1. The van der Waals surface area contributed by atoms with Crippen LogP contribution in [-0.4, -0.2) is 30.9 Å². The number of thioether (sulfide) groups is 1. The fourth-order valence-corrected chi connectivity index (χ4v) is 3.06. The largest absolute Gasteiger partial charge is 0.381 e. The van der Waals surface area contributed by atoms with E-state index in [0.29, 0.717) is 13.2 Å². The summed E-state index contributed by atoms with van der Waals surface area (Å²) in [5.74, 6) is 1.13. The van der Waals surface area contributed by atoms with Gasteiger partial charge in [-0.2, -0.15) is 0 Å². The molecule has 4 nitrogen and oxygen atoms in total. The number of hydrogen-bond acceptors (Lipinski definition) is 4. The first-order chi connectivity index (χ1) is 9.70. The molecule has 0 spiro atoms. The van der Waals surface area contributed by atoms with Gasteiger partial charge in [-0.1, -0.05) is 13.0 Å². The van der Waals surface area contributed by atoms with Crippen molar-refractivity contribution in [3.05, 3.63) is 24.3 Å². The zero-order valence-electron chi connectivity index (χ0n) is 11.8. The van der Waals surface area contributed by atoms with E-state index in [1.165, 1.54) is 0 Å². The van der Waals surface area contributed by atoms with Crippen molar-refractivity contribution in [3.63, 3.8) is 0 Å². The number of nitrogens with one attached hydrogen (secondary N) is 1. The molecule has 1 heterocycles. The molecule has 1 aromatic carbocycles. The van der Waals surface area contributed by atoms with Gasteiger partial charge in [-0.25, -0.2) is 0 Å². The summed E-state index contributed by atoms with van der Waals surface area (Å²) in [5, 5.41) is 2.92. The smallest absolute Gasteiger partial charge is 0.241 e. The molecule has 0 saturated carbocycles. The summed E-state index contributed by atoms with van der Waals surface area (Å²) in [6.45, 7) is 3.51. The molecule has 0 bridgehead atoms. The Morgan fingerprint density at radius 3 is 2.95 bits per heavy atom. The normalized spacial score (nSPS) is 17.7. The number of carbonyl (C=O) groups is 1. The molecule has 1 unspecified atom stereocenters. The second-order valence-corrected chi connectivity index (χ2v) is 6.26. The second-order valence-electron chi connectivity index (χ2n) is 4.93. The molecule has 1 aliphatic heterocycles. The Morgan fingerprint density at radius 1 is 1.50 bits per heavy atom. The second kappa shape index (κ2) is 7.67. The third-order valence-electron chi connectivity index (χ3n) is 3.49. The maximum Gasteiger partial charge on any atom is 0.241 e. The van der Waals surface area contributed by atoms with Crippen LogP contribution in [0.2, 0.25) is 0 Å². The van der Waals surface area contributed by atoms with E-state index in [9.17, 15) is 4.79 Å². The van der Waals surface area contributed by atoms with Crippen LogP contribution in [0.15, 0.2) is 29.2 Å². The quantitative estimate of drug-likeness (QED) is 0.819. The van der Waals surface area contributed by atoms with E-state index in [-0.39, 0.29) is 11.8 Å². The summed E-state index contributed by atoms with van der Waals surface area (Å²) in [4.78, 5) is 13.4. The highest BCUT2D eigenvalue weighted by molar-refractivity contribution is 7.99. The molecule has 0 radical (unpaired) electrons. The predicted octanol–water partition coefficient (Wildman–Crippen LogP) is 2.49. The van der Waals surface area contributed by atoms with Crippen molar-refractivity contribution in [2.45, 2.75) is 30.7 Å². The highest BCUT2D eigenvalue weighted by Gasteiger charge is 2.26. The number of rotatable bonds is 5. The van der Waals surface area contributed by atoms with Crippen LogP contribution in [0, 0.1) is 5.92 Å². The number of ether oxygens (including phenoxy) is 1. The van der Waals surface area contributed by atoms with Crippen molar-refractivity contribution in [3.8, 4) is 0 Å². The molecule has 2 rings (SSSR count). The number of nitrogens with two attached hydrogens (primary N) is 1. The zero-order valence-corrected chi connectivity index (χ0v) is 12.6. The minimum Gasteiger partial charge on any atom is -0.381 e. The first-order valence-electron chi connectivity index (χ1n) is 7.07. The first-order valence-corrected chi connectivity index (χ1v) is 8.06. The van der Waals surface area contributed by atoms with Crippen molar-refractivity contribution in [2.75, 3.05) is 24.3 Å². The van der Waals surface area contributed by atoms with Crippen molar-refractivity contribution < 1.29 is 9.53 Å². The van der Waals surface area contributed by atoms with Crippen molar-refractivity contribution >= 4 is 23.4 Å². The van der Waals surface area contributed by atoms with Gasteiger partial charge < -0.3 is 15.8 Å². The molecule has 1 amide bonds. The SMILES string of the molecule is CCSc1cccc(NC(=O)C(N)C2CCOCC2)c1.